The Bertz CT molecular complexity index is 2120. The fourth-order valence-corrected chi connectivity index (χ4v) is 7.84. The summed E-state index contributed by atoms with van der Waals surface area (Å²) >= 11 is 0. The topological polar surface area (TPSA) is 209 Å². The number of piperidine rings is 2. The van der Waals surface area contributed by atoms with Crippen LogP contribution in [0.25, 0.3) is 0 Å². The lowest BCUT2D eigenvalue weighted by Crippen LogP contribution is -2.54. The molecule has 0 bridgehead atoms. The molecule has 4 aliphatic heterocycles. The molecule has 2 aromatic heterocycles. The van der Waals surface area contributed by atoms with Crippen molar-refractivity contribution < 1.29 is 24.0 Å². The first-order valence-electron chi connectivity index (χ1n) is 18.1. The highest BCUT2D eigenvalue weighted by molar-refractivity contribution is 6.23. The highest BCUT2D eigenvalue weighted by atomic mass is 16.2. The van der Waals surface area contributed by atoms with E-state index >= 15 is 0 Å². The predicted octanol–water partition coefficient (Wildman–Crippen LogP) is 2.96. The number of anilines is 5. The molecule has 6 heterocycles. The van der Waals surface area contributed by atoms with Crippen molar-refractivity contribution in [1.82, 2.24) is 35.3 Å². The molecule has 4 aliphatic rings. The summed E-state index contributed by atoms with van der Waals surface area (Å²) in [6.07, 6.45) is 4.97. The number of carbonyl (C=O) groups excluding carboxylic acids is 5. The number of benzene rings is 2. The average Bonchev–Trinajstić information content (AvgIpc) is 3.74. The van der Waals surface area contributed by atoms with Crippen LogP contribution in [0.5, 0.6) is 0 Å². The van der Waals surface area contributed by atoms with Crippen LogP contribution in [-0.2, 0) is 9.59 Å². The summed E-state index contributed by atoms with van der Waals surface area (Å²) in [7, 11) is 0. The van der Waals surface area contributed by atoms with Crippen LogP contribution in [0, 0.1) is 5.92 Å². The fourth-order valence-electron chi connectivity index (χ4n) is 7.84. The summed E-state index contributed by atoms with van der Waals surface area (Å²) in [6, 6.07) is 17.9. The van der Waals surface area contributed by atoms with Gasteiger partial charge in [-0.25, -0.2) is 4.98 Å². The van der Waals surface area contributed by atoms with Crippen LogP contribution in [0.15, 0.2) is 66.9 Å². The molecule has 16 nitrogen and oxygen atoms in total. The number of nitrogens with zero attached hydrogens (tertiary/aromatic N) is 7. The maximum atomic E-state index is 13.3. The maximum Gasteiger partial charge on any atom is 0.273 e. The van der Waals surface area contributed by atoms with E-state index in [-0.39, 0.29) is 30.3 Å². The molecule has 2 unspecified atom stereocenters. The summed E-state index contributed by atoms with van der Waals surface area (Å²) in [6.45, 7) is 4.69. The molecule has 276 valence electrons. The molecule has 0 radical (unpaired) electrons. The van der Waals surface area contributed by atoms with Crippen molar-refractivity contribution in [1.29, 1.82) is 0 Å². The Hall–Kier alpha value is -6.29. The molecule has 16 heteroatoms. The summed E-state index contributed by atoms with van der Waals surface area (Å²) in [5, 5.41) is 16.3. The second kappa shape index (κ2) is 14.6. The van der Waals surface area contributed by atoms with Gasteiger partial charge in [-0.05, 0) is 98.6 Å². The average molecular weight is 730 g/mol. The fraction of sp³-hybridized carbons (Fsp3) is 0.342. The van der Waals surface area contributed by atoms with Crippen LogP contribution in [0.1, 0.15) is 74.8 Å². The van der Waals surface area contributed by atoms with Crippen LogP contribution in [0.4, 0.5) is 29.0 Å². The zero-order valence-electron chi connectivity index (χ0n) is 29.4. The largest absolute Gasteiger partial charge is 0.371 e. The van der Waals surface area contributed by atoms with E-state index in [1.54, 1.807) is 30.5 Å². The number of amides is 5. The predicted molar refractivity (Wildman–Crippen MR) is 197 cm³/mol. The van der Waals surface area contributed by atoms with E-state index in [4.69, 9.17) is 5.73 Å². The van der Waals surface area contributed by atoms with E-state index in [2.05, 4.69) is 58.0 Å². The van der Waals surface area contributed by atoms with E-state index in [0.717, 1.165) is 68.3 Å². The van der Waals surface area contributed by atoms with Crippen LogP contribution in [0.3, 0.4) is 0 Å². The summed E-state index contributed by atoms with van der Waals surface area (Å²) in [5.74, 6) is -0.922. The van der Waals surface area contributed by atoms with Crippen molar-refractivity contribution in [3.8, 4) is 0 Å². The summed E-state index contributed by atoms with van der Waals surface area (Å²) < 4.78 is 0. The summed E-state index contributed by atoms with van der Waals surface area (Å²) in [5.41, 5.74) is 8.96. The molecule has 8 rings (SSSR count). The van der Waals surface area contributed by atoms with E-state index in [9.17, 15) is 24.0 Å². The van der Waals surface area contributed by atoms with E-state index in [1.807, 2.05) is 24.3 Å². The van der Waals surface area contributed by atoms with Gasteiger partial charge in [-0.15, -0.1) is 10.2 Å². The number of likely N-dealkylation sites (tertiary alicyclic amines) is 1. The number of nitrogens with two attached hydrogens (primary N) is 1. The zero-order valence-corrected chi connectivity index (χ0v) is 29.4. The molecule has 5 amide bonds. The number of rotatable bonds is 10. The third-order valence-corrected chi connectivity index (χ3v) is 10.6. The van der Waals surface area contributed by atoms with E-state index in [1.165, 1.54) is 5.56 Å². The lowest BCUT2D eigenvalue weighted by molar-refractivity contribution is -0.136. The lowest BCUT2D eigenvalue weighted by Gasteiger charge is -2.34. The molecule has 54 heavy (non-hydrogen) atoms. The number of hydrogen-bond acceptors (Lipinski definition) is 13. The molecule has 4 aromatic rings. The Morgan fingerprint density at radius 3 is 2.41 bits per heavy atom. The molecular weight excluding hydrogens is 690 g/mol. The second-order valence-electron chi connectivity index (χ2n) is 14.1. The molecule has 3 fully saturated rings. The Balaban J connectivity index is 0.835. The quantitative estimate of drug-likeness (QED) is 0.173. The number of pyridine rings is 1. The first-order chi connectivity index (χ1) is 26.2. The van der Waals surface area contributed by atoms with Crippen molar-refractivity contribution in [3.05, 3.63) is 89.2 Å². The van der Waals surface area contributed by atoms with Gasteiger partial charge < -0.3 is 26.2 Å². The number of fused-ring (bicyclic) bond motifs is 1. The highest BCUT2D eigenvalue weighted by Gasteiger charge is 2.45. The molecule has 0 spiro atoms. The Kier molecular flexibility index (Phi) is 9.41. The van der Waals surface area contributed by atoms with Crippen LogP contribution < -0.4 is 26.6 Å². The molecule has 3 saturated heterocycles. The van der Waals surface area contributed by atoms with Gasteiger partial charge in [0.1, 0.15) is 11.9 Å². The molecule has 0 saturated carbocycles. The molecular formula is C38H39N11O5. The van der Waals surface area contributed by atoms with Crippen molar-refractivity contribution in [2.24, 2.45) is 11.7 Å². The third kappa shape index (κ3) is 7.07. The number of primary amides is 1. The number of carbonyl (C=O) groups is 5. The van der Waals surface area contributed by atoms with Gasteiger partial charge in [0.05, 0.1) is 11.1 Å². The standard InChI is InChI=1S/C38H39N11O5/c39-33(51)32-34(44-38(46-45-32)42-30-3-1-2-15-40-30)41-25-6-4-23(5-7-25)24-13-16-47(17-14-24)20-22-12-18-48(21-22)26-8-9-27-28(19-26)37(54)49(36(27)53)29-10-11-31(50)43-35(29)52/h1-9,15,19,22,24,29H,10-14,16-18,20-21H2,(H2,39,51)(H,43,50,52)(H2,40,41,42,44,46). The second-order valence-corrected chi connectivity index (χ2v) is 14.1. The Labute approximate surface area is 310 Å². The van der Waals surface area contributed by atoms with Gasteiger partial charge in [0, 0.05) is 43.6 Å². The molecule has 0 aliphatic carbocycles. The first-order valence-corrected chi connectivity index (χ1v) is 18.1. The monoisotopic (exact) mass is 729 g/mol. The van der Waals surface area contributed by atoms with Gasteiger partial charge in [-0.3, -0.25) is 34.2 Å². The van der Waals surface area contributed by atoms with Crippen molar-refractivity contribution in [3.63, 3.8) is 0 Å². The van der Waals surface area contributed by atoms with Crippen molar-refractivity contribution in [2.45, 2.75) is 44.1 Å². The number of imide groups is 2. The van der Waals surface area contributed by atoms with Crippen molar-refractivity contribution >= 4 is 58.5 Å². The minimum atomic E-state index is -0.975. The number of hydrogen-bond donors (Lipinski definition) is 4. The van der Waals surface area contributed by atoms with Crippen LogP contribution >= 0.6 is 0 Å². The van der Waals surface area contributed by atoms with Crippen LogP contribution in [-0.4, -0.2) is 98.3 Å². The Morgan fingerprint density at radius 1 is 0.870 bits per heavy atom. The molecule has 5 N–H and O–H groups in total. The van der Waals surface area contributed by atoms with Gasteiger partial charge in [0.15, 0.2) is 11.5 Å². The van der Waals surface area contributed by atoms with Gasteiger partial charge in [-0.2, -0.15) is 4.98 Å². The normalized spacial score (nSPS) is 20.6. The first kappa shape index (κ1) is 34.8. The van der Waals surface area contributed by atoms with E-state index in [0.29, 0.717) is 28.8 Å². The molecule has 2 atom stereocenters. The van der Waals surface area contributed by atoms with Gasteiger partial charge in [-0.1, -0.05) is 18.2 Å². The minimum Gasteiger partial charge on any atom is -0.371 e. The van der Waals surface area contributed by atoms with E-state index < -0.39 is 35.6 Å². The minimum absolute atomic E-state index is 0.0689. The maximum absolute atomic E-state index is 13.3. The molecule has 2 aromatic carbocycles. The van der Waals surface area contributed by atoms with Gasteiger partial charge in [0.2, 0.25) is 17.8 Å². The number of nitrogens with one attached hydrogen (secondary N) is 3. The van der Waals surface area contributed by atoms with Gasteiger partial charge in [0.25, 0.3) is 17.7 Å². The van der Waals surface area contributed by atoms with Crippen molar-refractivity contribution in [2.75, 3.05) is 48.3 Å². The SMILES string of the molecule is NC(=O)c1nnc(Nc2ccccn2)nc1Nc1ccc(C2CCN(CC3CCN(c4ccc5c(c4)C(=O)N(C4CCC(=O)NC4=O)C5=O)C3)CC2)cc1. The van der Waals surface area contributed by atoms with Crippen LogP contribution in [0.2, 0.25) is 0 Å². The van der Waals surface area contributed by atoms with Gasteiger partial charge >= 0.3 is 0 Å². The zero-order chi connectivity index (χ0) is 37.3. The number of aromatic nitrogens is 4. The smallest absolute Gasteiger partial charge is 0.273 e. The highest BCUT2D eigenvalue weighted by Crippen LogP contribution is 2.34. The third-order valence-electron chi connectivity index (χ3n) is 10.6. The Morgan fingerprint density at radius 2 is 1.67 bits per heavy atom. The lowest BCUT2D eigenvalue weighted by atomic mass is 9.89. The summed E-state index contributed by atoms with van der Waals surface area (Å²) in [4.78, 5) is 77.0.